The van der Waals surface area contributed by atoms with Gasteiger partial charge in [-0.1, -0.05) is 18.2 Å². The van der Waals surface area contributed by atoms with Gasteiger partial charge in [0.15, 0.2) is 11.5 Å². The maximum absolute atomic E-state index is 12.6. The minimum Gasteiger partial charge on any atom is -0.366 e. The lowest BCUT2D eigenvalue weighted by Crippen LogP contribution is -2.33. The molecular weight excluding hydrogens is 426 g/mol. The lowest BCUT2D eigenvalue weighted by Gasteiger charge is -2.28. The molecule has 2 heterocycles. The van der Waals surface area contributed by atoms with E-state index < -0.39 is 0 Å². The highest BCUT2D eigenvalue weighted by Gasteiger charge is 2.21. The van der Waals surface area contributed by atoms with Gasteiger partial charge in [-0.25, -0.2) is 9.50 Å². The zero-order valence-corrected chi connectivity index (χ0v) is 19.2. The molecule has 0 bridgehead atoms. The van der Waals surface area contributed by atoms with Crippen molar-refractivity contribution in [1.29, 1.82) is 0 Å². The number of aromatic nitrogens is 3. The second-order valence-corrected chi connectivity index (χ2v) is 8.82. The summed E-state index contributed by atoms with van der Waals surface area (Å²) in [6.07, 6.45) is 7.73. The van der Waals surface area contributed by atoms with Crippen LogP contribution in [0.4, 0.5) is 22.9 Å². The van der Waals surface area contributed by atoms with Crippen molar-refractivity contribution in [3.63, 3.8) is 0 Å². The van der Waals surface area contributed by atoms with Gasteiger partial charge in [-0.3, -0.25) is 4.79 Å². The number of para-hydroxylation sites is 1. The van der Waals surface area contributed by atoms with E-state index in [1.165, 1.54) is 0 Å². The molecule has 1 amide bonds. The number of nitrogens with one attached hydrogen (secondary N) is 3. The number of anilines is 4. The predicted molar refractivity (Wildman–Crippen MR) is 136 cm³/mol. The summed E-state index contributed by atoms with van der Waals surface area (Å²) in [7, 11) is 0. The zero-order valence-electron chi connectivity index (χ0n) is 19.2. The summed E-state index contributed by atoms with van der Waals surface area (Å²) < 4.78 is 1.79. The normalized spacial score (nSPS) is 17.9. The van der Waals surface area contributed by atoms with Gasteiger partial charge < -0.3 is 21.7 Å². The van der Waals surface area contributed by atoms with Gasteiger partial charge in [0.05, 0.1) is 5.69 Å². The number of carbonyl (C=O) groups is 1. The number of carbonyl (C=O) groups excluding carboxylic acids is 1. The van der Waals surface area contributed by atoms with Crippen LogP contribution in [-0.4, -0.2) is 32.6 Å². The number of benzene rings is 2. The van der Waals surface area contributed by atoms with Gasteiger partial charge in [0.25, 0.3) is 5.91 Å². The van der Waals surface area contributed by atoms with Gasteiger partial charge in [0.1, 0.15) is 0 Å². The first-order valence-electron chi connectivity index (χ1n) is 11.7. The van der Waals surface area contributed by atoms with Crippen LogP contribution in [0.5, 0.6) is 0 Å². The first kappa shape index (κ1) is 21.9. The minimum absolute atomic E-state index is 0.146. The number of rotatable bonds is 6. The summed E-state index contributed by atoms with van der Waals surface area (Å²) >= 11 is 0. The van der Waals surface area contributed by atoms with Gasteiger partial charge in [-0.2, -0.15) is 0 Å². The fraction of sp³-hybridized carbons (Fsp3) is 0.269. The van der Waals surface area contributed by atoms with Gasteiger partial charge in [0, 0.05) is 47.0 Å². The number of amides is 1. The summed E-state index contributed by atoms with van der Waals surface area (Å²) in [6, 6.07) is 17.5. The van der Waals surface area contributed by atoms with E-state index >= 15 is 0 Å². The van der Waals surface area contributed by atoms with Gasteiger partial charge >= 0.3 is 0 Å². The first-order chi connectivity index (χ1) is 16.6. The number of hydrogen-bond acceptors (Lipinski definition) is 6. The Balaban J connectivity index is 1.35. The summed E-state index contributed by atoms with van der Waals surface area (Å²) in [5.41, 5.74) is 10.9. The van der Waals surface area contributed by atoms with Crippen molar-refractivity contribution in [2.24, 2.45) is 5.73 Å². The largest absolute Gasteiger partial charge is 0.366 e. The van der Waals surface area contributed by atoms with Crippen LogP contribution in [0.3, 0.4) is 0 Å². The summed E-state index contributed by atoms with van der Waals surface area (Å²) in [5.74, 6) is 0.694. The van der Waals surface area contributed by atoms with E-state index in [1.54, 1.807) is 10.7 Å². The second kappa shape index (κ2) is 9.52. The Morgan fingerprint density at radius 2 is 1.74 bits per heavy atom. The number of hydrogen-bond donors (Lipinski definition) is 4. The van der Waals surface area contributed by atoms with E-state index in [-0.39, 0.29) is 5.91 Å². The number of nitrogens with zero attached hydrogens (tertiary/aromatic N) is 3. The molecule has 0 saturated heterocycles. The Morgan fingerprint density at radius 3 is 2.47 bits per heavy atom. The maximum Gasteiger partial charge on any atom is 0.255 e. The Bertz CT molecular complexity index is 1280. The topological polar surface area (TPSA) is 109 Å². The van der Waals surface area contributed by atoms with Crippen molar-refractivity contribution in [3.8, 4) is 0 Å². The van der Waals surface area contributed by atoms with E-state index in [0.29, 0.717) is 17.6 Å². The van der Waals surface area contributed by atoms with Crippen molar-refractivity contribution in [1.82, 2.24) is 14.6 Å². The van der Waals surface area contributed by atoms with Gasteiger partial charge in [-0.05, 0) is 69.0 Å². The molecule has 0 aliphatic heterocycles. The van der Waals surface area contributed by atoms with E-state index in [0.717, 1.165) is 59.8 Å². The molecule has 4 aromatic rings. The van der Waals surface area contributed by atoms with Crippen molar-refractivity contribution >= 4 is 34.4 Å². The van der Waals surface area contributed by atoms with Crippen LogP contribution in [0.2, 0.25) is 0 Å². The molecular formula is C26H29N7O. The smallest absolute Gasteiger partial charge is 0.255 e. The average molecular weight is 456 g/mol. The van der Waals surface area contributed by atoms with E-state index in [2.05, 4.69) is 20.9 Å². The molecule has 1 aliphatic rings. The molecule has 0 radical (unpaired) electrons. The maximum atomic E-state index is 12.6. The highest BCUT2D eigenvalue weighted by Crippen LogP contribution is 2.30. The highest BCUT2D eigenvalue weighted by molar-refractivity contribution is 6.04. The Hall–Kier alpha value is -3.91. The van der Waals surface area contributed by atoms with Crippen LogP contribution in [-0.2, 0) is 0 Å². The fourth-order valence-electron chi connectivity index (χ4n) is 4.34. The molecule has 174 valence electrons. The third-order valence-electron chi connectivity index (χ3n) is 6.34. The molecule has 34 heavy (non-hydrogen) atoms. The summed E-state index contributed by atoms with van der Waals surface area (Å²) in [5, 5.41) is 14.8. The third kappa shape index (κ3) is 4.72. The monoisotopic (exact) mass is 455 g/mol. The number of fused-ring (bicyclic) bond motifs is 1. The van der Waals surface area contributed by atoms with Crippen molar-refractivity contribution in [2.75, 3.05) is 16.0 Å². The van der Waals surface area contributed by atoms with Crippen molar-refractivity contribution in [2.45, 2.75) is 44.7 Å². The molecule has 1 saturated carbocycles. The second-order valence-electron chi connectivity index (χ2n) is 8.82. The van der Waals surface area contributed by atoms with Crippen LogP contribution < -0.4 is 21.7 Å². The average Bonchev–Trinajstić information content (AvgIpc) is 3.32. The quantitative estimate of drug-likeness (QED) is 0.335. The van der Waals surface area contributed by atoms with Crippen LogP contribution in [0, 0.1) is 6.92 Å². The standard InChI is InChI=1S/C26H29N7O/c1-17-23(25-28-15-16-33(25)32-24(17)30-22-13-9-19(27)10-14-22)29-21-11-7-18(8-12-21)26(34)31-20-5-3-2-4-6-20/h2-8,11-12,15-16,19,22,29H,9-10,13-14,27H2,1H3,(H,30,32)(H,31,34)/t19-,22-. The van der Waals surface area contributed by atoms with Gasteiger partial charge in [0.2, 0.25) is 0 Å². The van der Waals surface area contributed by atoms with Crippen molar-refractivity contribution < 1.29 is 4.79 Å². The summed E-state index contributed by atoms with van der Waals surface area (Å²) in [6.45, 7) is 2.04. The van der Waals surface area contributed by atoms with Crippen LogP contribution in [0.15, 0.2) is 67.0 Å². The molecule has 0 spiro atoms. The predicted octanol–water partition coefficient (Wildman–Crippen LogP) is 4.72. The van der Waals surface area contributed by atoms with Crippen LogP contribution >= 0.6 is 0 Å². The Morgan fingerprint density at radius 1 is 1.00 bits per heavy atom. The number of imidazole rings is 1. The minimum atomic E-state index is -0.146. The molecule has 8 heteroatoms. The third-order valence-corrected chi connectivity index (χ3v) is 6.34. The fourth-order valence-corrected chi connectivity index (χ4v) is 4.34. The Labute approximate surface area is 198 Å². The van der Waals surface area contributed by atoms with Crippen LogP contribution in [0.25, 0.3) is 5.65 Å². The van der Waals surface area contributed by atoms with E-state index in [4.69, 9.17) is 10.8 Å². The molecule has 2 aromatic heterocycles. The Kier molecular flexibility index (Phi) is 6.14. The molecule has 2 aromatic carbocycles. The number of nitrogens with two attached hydrogens (primary N) is 1. The van der Waals surface area contributed by atoms with E-state index in [9.17, 15) is 4.79 Å². The zero-order chi connectivity index (χ0) is 23.5. The molecule has 1 aliphatic carbocycles. The van der Waals surface area contributed by atoms with Crippen LogP contribution in [0.1, 0.15) is 41.6 Å². The summed E-state index contributed by atoms with van der Waals surface area (Å²) in [4.78, 5) is 17.1. The molecule has 8 nitrogen and oxygen atoms in total. The molecule has 5 rings (SSSR count). The lowest BCUT2D eigenvalue weighted by atomic mass is 9.92. The molecule has 1 fully saturated rings. The van der Waals surface area contributed by atoms with Gasteiger partial charge in [-0.15, -0.1) is 5.10 Å². The molecule has 0 unspecified atom stereocenters. The van der Waals surface area contributed by atoms with Crippen molar-refractivity contribution in [3.05, 3.63) is 78.1 Å². The SMILES string of the molecule is Cc1c(N[C@H]2CC[C@H](N)CC2)nn2ccnc2c1Nc1ccc(C(=O)Nc2ccccc2)cc1. The molecule has 5 N–H and O–H groups in total. The first-order valence-corrected chi connectivity index (χ1v) is 11.7. The molecule has 0 atom stereocenters. The lowest BCUT2D eigenvalue weighted by molar-refractivity contribution is 0.102. The van der Waals surface area contributed by atoms with E-state index in [1.807, 2.05) is 67.7 Å². The highest BCUT2D eigenvalue weighted by atomic mass is 16.1.